The Balaban J connectivity index is 2.07. The Morgan fingerprint density at radius 2 is 1.57 bits per heavy atom. The topological polar surface area (TPSA) is 34.1 Å². The Labute approximate surface area is 128 Å². The predicted octanol–water partition coefficient (Wildman–Crippen LogP) is 4.11. The summed E-state index contributed by atoms with van der Waals surface area (Å²) in [7, 11) is -1.29. The van der Waals surface area contributed by atoms with E-state index in [2.05, 4.69) is 13.8 Å². The van der Waals surface area contributed by atoms with Crippen LogP contribution in [0.25, 0.3) is 0 Å². The summed E-state index contributed by atoms with van der Waals surface area (Å²) in [5.74, 6) is 0.393. The highest BCUT2D eigenvalue weighted by Gasteiger charge is 2.12. The molecule has 0 aromatic heterocycles. The molecule has 0 saturated carbocycles. The van der Waals surface area contributed by atoms with Gasteiger partial charge in [-0.15, -0.1) is 0 Å². The average molecular weight is 300 g/mol. The van der Waals surface area contributed by atoms with Crippen LogP contribution < -0.4 is 0 Å². The number of hydrogen-bond acceptors (Lipinski definition) is 2. The molecule has 2 rings (SSSR count). The fraction of sp³-hybridized carbons (Fsp3) is 0.278. The molecular weight excluding hydrogens is 280 g/mol. The first-order valence-electron chi connectivity index (χ1n) is 7.05. The number of aryl methyl sites for hydroxylation is 1. The molecule has 0 aliphatic carbocycles. The van der Waals surface area contributed by atoms with Crippen LogP contribution in [-0.4, -0.2) is 15.7 Å². The molecule has 1 atom stereocenters. The third-order valence-electron chi connectivity index (χ3n) is 3.45. The van der Waals surface area contributed by atoms with Gasteiger partial charge in [-0.3, -0.25) is 9.00 Å². The molecular formula is C18H20O2S. The first-order valence-corrected chi connectivity index (χ1v) is 8.37. The number of benzene rings is 2. The molecule has 0 aliphatic heterocycles. The van der Waals surface area contributed by atoms with Gasteiger partial charge in [0.15, 0.2) is 5.78 Å². The van der Waals surface area contributed by atoms with E-state index in [0.29, 0.717) is 16.4 Å². The molecule has 2 aromatic rings. The van der Waals surface area contributed by atoms with Gasteiger partial charge in [0.2, 0.25) is 0 Å². The zero-order valence-corrected chi connectivity index (χ0v) is 13.4. The summed E-state index contributed by atoms with van der Waals surface area (Å²) >= 11 is 0. The maximum absolute atomic E-state index is 12.2. The van der Waals surface area contributed by atoms with Crippen LogP contribution >= 0.6 is 0 Å². The molecule has 110 valence electrons. The van der Waals surface area contributed by atoms with Crippen LogP contribution in [0.3, 0.4) is 0 Å². The van der Waals surface area contributed by atoms with Crippen molar-refractivity contribution in [1.82, 2.24) is 0 Å². The van der Waals surface area contributed by atoms with E-state index >= 15 is 0 Å². The van der Waals surface area contributed by atoms with Gasteiger partial charge in [0.1, 0.15) is 0 Å². The lowest BCUT2D eigenvalue weighted by Crippen LogP contribution is -2.11. The van der Waals surface area contributed by atoms with E-state index in [1.165, 1.54) is 5.56 Å². The molecule has 0 bridgehead atoms. The summed E-state index contributed by atoms with van der Waals surface area (Å²) < 4.78 is 12.2. The second kappa shape index (κ2) is 6.81. The van der Waals surface area contributed by atoms with Crippen LogP contribution in [0, 0.1) is 6.92 Å². The Morgan fingerprint density at radius 1 is 1.00 bits per heavy atom. The van der Waals surface area contributed by atoms with E-state index in [4.69, 9.17) is 0 Å². The molecule has 0 N–H and O–H groups in total. The molecule has 0 amide bonds. The largest absolute Gasteiger partial charge is 0.293 e. The molecule has 0 heterocycles. The fourth-order valence-electron chi connectivity index (χ4n) is 2.03. The smallest absolute Gasteiger partial charge is 0.175 e. The van der Waals surface area contributed by atoms with Crippen molar-refractivity contribution in [3.63, 3.8) is 0 Å². The van der Waals surface area contributed by atoms with E-state index < -0.39 is 10.8 Å². The standard InChI is InChI=1S/C18H20O2S/c1-13(2)15-6-8-16(9-7-15)18(19)12-21(20)17-10-4-14(3)5-11-17/h4-11,13H,12H2,1-3H3. The second-order valence-electron chi connectivity index (χ2n) is 5.50. The molecule has 3 heteroatoms. The summed E-state index contributed by atoms with van der Waals surface area (Å²) in [4.78, 5) is 12.9. The zero-order valence-electron chi connectivity index (χ0n) is 12.6. The lowest BCUT2D eigenvalue weighted by molar-refractivity contribution is 0.102. The van der Waals surface area contributed by atoms with Crippen LogP contribution in [0.1, 0.15) is 41.3 Å². The minimum atomic E-state index is -1.29. The maximum Gasteiger partial charge on any atom is 0.175 e. The molecule has 0 radical (unpaired) electrons. The third kappa shape index (κ3) is 4.11. The minimum absolute atomic E-state index is 0.0318. The van der Waals surface area contributed by atoms with Crippen LogP contribution in [-0.2, 0) is 10.8 Å². The Morgan fingerprint density at radius 3 is 2.10 bits per heavy atom. The van der Waals surface area contributed by atoms with Gasteiger partial charge in [-0.25, -0.2) is 0 Å². The summed E-state index contributed by atoms with van der Waals surface area (Å²) in [5, 5.41) is 0. The van der Waals surface area contributed by atoms with E-state index in [-0.39, 0.29) is 11.5 Å². The first-order chi connectivity index (χ1) is 9.97. The first kappa shape index (κ1) is 15.6. The van der Waals surface area contributed by atoms with Gasteiger partial charge in [0, 0.05) is 10.5 Å². The zero-order chi connectivity index (χ0) is 15.4. The van der Waals surface area contributed by atoms with Crippen molar-refractivity contribution >= 4 is 16.6 Å². The highest BCUT2D eigenvalue weighted by atomic mass is 32.2. The van der Waals surface area contributed by atoms with Crippen molar-refractivity contribution in [3.05, 3.63) is 65.2 Å². The van der Waals surface area contributed by atoms with E-state index in [9.17, 15) is 9.00 Å². The van der Waals surface area contributed by atoms with Crippen molar-refractivity contribution in [2.75, 3.05) is 5.75 Å². The number of carbonyl (C=O) groups excluding carboxylic acids is 1. The third-order valence-corrected chi connectivity index (χ3v) is 4.77. The van der Waals surface area contributed by atoms with Gasteiger partial charge in [0.05, 0.1) is 16.6 Å². The molecule has 0 spiro atoms. The van der Waals surface area contributed by atoms with Crippen LogP contribution in [0.5, 0.6) is 0 Å². The number of hydrogen-bond donors (Lipinski definition) is 0. The van der Waals surface area contributed by atoms with Gasteiger partial charge in [-0.1, -0.05) is 55.8 Å². The lowest BCUT2D eigenvalue weighted by Gasteiger charge is -2.07. The normalized spacial score (nSPS) is 12.4. The highest BCUT2D eigenvalue weighted by Crippen LogP contribution is 2.16. The van der Waals surface area contributed by atoms with Gasteiger partial charge >= 0.3 is 0 Å². The number of Topliss-reactive ketones (excluding diaryl/α,β-unsaturated/α-hetero) is 1. The average Bonchev–Trinajstić information content (AvgIpc) is 2.47. The summed E-state index contributed by atoms with van der Waals surface area (Å²) in [6.45, 7) is 6.21. The maximum atomic E-state index is 12.2. The Bertz CT molecular complexity index is 640. The lowest BCUT2D eigenvalue weighted by atomic mass is 10.0. The van der Waals surface area contributed by atoms with E-state index in [1.807, 2.05) is 55.5 Å². The molecule has 2 nitrogen and oxygen atoms in total. The monoisotopic (exact) mass is 300 g/mol. The van der Waals surface area contributed by atoms with Crippen LogP contribution in [0.4, 0.5) is 0 Å². The highest BCUT2D eigenvalue weighted by molar-refractivity contribution is 7.85. The molecule has 0 aliphatic rings. The number of ketones is 1. The van der Waals surface area contributed by atoms with Gasteiger partial charge in [-0.2, -0.15) is 0 Å². The Kier molecular flexibility index (Phi) is 5.07. The summed E-state index contributed by atoms with van der Waals surface area (Å²) in [6, 6.07) is 15.0. The van der Waals surface area contributed by atoms with Crippen molar-refractivity contribution < 1.29 is 9.00 Å². The van der Waals surface area contributed by atoms with E-state index in [1.54, 1.807) is 0 Å². The minimum Gasteiger partial charge on any atom is -0.293 e. The fourth-order valence-corrected chi connectivity index (χ4v) is 3.04. The SMILES string of the molecule is Cc1ccc(S(=O)CC(=O)c2ccc(C(C)C)cc2)cc1. The van der Waals surface area contributed by atoms with Crippen LogP contribution in [0.2, 0.25) is 0 Å². The van der Waals surface area contributed by atoms with Gasteiger partial charge < -0.3 is 0 Å². The van der Waals surface area contributed by atoms with Gasteiger partial charge in [-0.05, 0) is 30.5 Å². The van der Waals surface area contributed by atoms with Crippen molar-refractivity contribution in [2.45, 2.75) is 31.6 Å². The van der Waals surface area contributed by atoms with Crippen LogP contribution in [0.15, 0.2) is 53.4 Å². The predicted molar refractivity (Wildman–Crippen MR) is 87.3 cm³/mol. The molecule has 21 heavy (non-hydrogen) atoms. The molecule has 0 saturated heterocycles. The molecule has 1 unspecified atom stereocenters. The summed E-state index contributed by atoms with van der Waals surface area (Å²) in [5.41, 5.74) is 2.94. The number of carbonyl (C=O) groups is 1. The van der Waals surface area contributed by atoms with Gasteiger partial charge in [0.25, 0.3) is 0 Å². The summed E-state index contributed by atoms with van der Waals surface area (Å²) in [6.07, 6.45) is 0. The second-order valence-corrected chi connectivity index (χ2v) is 6.95. The molecule has 2 aromatic carbocycles. The quantitative estimate of drug-likeness (QED) is 0.779. The van der Waals surface area contributed by atoms with Crippen molar-refractivity contribution in [2.24, 2.45) is 0 Å². The Hall–Kier alpha value is -1.74. The van der Waals surface area contributed by atoms with Crippen molar-refractivity contribution in [1.29, 1.82) is 0 Å². The van der Waals surface area contributed by atoms with Crippen molar-refractivity contribution in [3.8, 4) is 0 Å². The molecule has 0 fully saturated rings. The number of rotatable bonds is 5. The van der Waals surface area contributed by atoms with E-state index in [0.717, 1.165) is 5.56 Å².